The van der Waals surface area contributed by atoms with Gasteiger partial charge in [0.25, 0.3) is 15.8 Å². The third kappa shape index (κ3) is 4.05. The molecule has 0 aliphatic carbocycles. The Morgan fingerprint density at radius 3 is 1.87 bits per heavy atom. The first-order chi connectivity index (χ1) is 6.91. The van der Waals surface area contributed by atoms with Crippen molar-refractivity contribution in [3.8, 4) is 0 Å². The zero-order chi connectivity index (χ0) is 12.1. The van der Waals surface area contributed by atoms with Gasteiger partial charge in [0.2, 0.25) is 0 Å². The highest BCUT2D eigenvalue weighted by Gasteiger charge is 2.11. The van der Waals surface area contributed by atoms with Gasteiger partial charge < -0.3 is 0 Å². The average molecular weight is 233 g/mol. The topological polar surface area (TPSA) is 97.5 Å². The van der Waals surface area contributed by atoms with E-state index in [2.05, 4.69) is 0 Å². The van der Waals surface area contributed by atoms with E-state index in [-0.39, 0.29) is 10.6 Å². The molecule has 0 saturated heterocycles. The van der Waals surface area contributed by atoms with Crippen molar-refractivity contribution in [3.63, 3.8) is 0 Å². The van der Waals surface area contributed by atoms with Crippen LogP contribution in [-0.2, 0) is 10.1 Å². The maximum absolute atomic E-state index is 10.5. The lowest BCUT2D eigenvalue weighted by Crippen LogP contribution is -1.97. The maximum Gasteiger partial charge on any atom is 0.294 e. The molecule has 6 nitrogen and oxygen atoms in total. The third-order valence-corrected chi connectivity index (χ3v) is 2.21. The molecular formula is C8H11NO5S. The van der Waals surface area contributed by atoms with Gasteiger partial charge in [0.05, 0.1) is 9.82 Å². The Hall–Kier alpha value is -1.47. The van der Waals surface area contributed by atoms with Crippen LogP contribution in [0.4, 0.5) is 5.69 Å². The summed E-state index contributed by atoms with van der Waals surface area (Å²) in [5.41, 5.74) is -0.229. The predicted octanol–water partition coefficient (Wildman–Crippen LogP) is 1.87. The van der Waals surface area contributed by atoms with Crippen molar-refractivity contribution in [3.05, 3.63) is 34.4 Å². The minimum Gasteiger partial charge on any atom is -0.282 e. The van der Waals surface area contributed by atoms with Gasteiger partial charge >= 0.3 is 0 Å². The summed E-state index contributed by atoms with van der Waals surface area (Å²) in [5, 5.41) is 10.2. The Bertz CT molecular complexity index is 423. The number of hydrogen-bond donors (Lipinski definition) is 1. The quantitative estimate of drug-likeness (QED) is 0.477. The summed E-state index contributed by atoms with van der Waals surface area (Å²) >= 11 is 0. The van der Waals surface area contributed by atoms with E-state index in [1.807, 2.05) is 13.8 Å². The summed E-state index contributed by atoms with van der Waals surface area (Å²) in [7, 11) is -4.27. The molecule has 0 saturated carbocycles. The number of nitro groups is 1. The van der Waals surface area contributed by atoms with Crippen molar-refractivity contribution >= 4 is 15.8 Å². The molecule has 0 spiro atoms. The molecule has 0 bridgehead atoms. The van der Waals surface area contributed by atoms with Crippen LogP contribution in [0.15, 0.2) is 29.2 Å². The monoisotopic (exact) mass is 233 g/mol. The summed E-state index contributed by atoms with van der Waals surface area (Å²) in [6.45, 7) is 4.00. The second-order valence-corrected chi connectivity index (χ2v) is 3.65. The van der Waals surface area contributed by atoms with Crippen molar-refractivity contribution in [1.82, 2.24) is 0 Å². The number of nitro benzene ring substituents is 1. The molecule has 0 atom stereocenters. The molecule has 84 valence electrons. The lowest BCUT2D eigenvalue weighted by molar-refractivity contribution is -0.384. The van der Waals surface area contributed by atoms with Crippen molar-refractivity contribution in [2.75, 3.05) is 0 Å². The van der Waals surface area contributed by atoms with Crippen molar-refractivity contribution < 1.29 is 17.9 Å². The Morgan fingerprint density at radius 1 is 1.20 bits per heavy atom. The highest BCUT2D eigenvalue weighted by atomic mass is 32.2. The smallest absolute Gasteiger partial charge is 0.282 e. The summed E-state index contributed by atoms with van der Waals surface area (Å²) in [4.78, 5) is 9.13. The van der Waals surface area contributed by atoms with Crippen LogP contribution in [0, 0.1) is 10.1 Å². The van der Waals surface area contributed by atoms with Crippen LogP contribution in [0.5, 0.6) is 0 Å². The lowest BCUT2D eigenvalue weighted by Gasteiger charge is -1.94. The number of hydrogen-bond acceptors (Lipinski definition) is 4. The SMILES string of the molecule is CC.O=[N+]([O-])c1ccc(S(=O)(=O)O)cc1. The summed E-state index contributed by atoms with van der Waals surface area (Å²) in [6.07, 6.45) is 0. The number of rotatable bonds is 2. The number of nitrogens with zero attached hydrogens (tertiary/aromatic N) is 1. The molecule has 1 aromatic rings. The molecule has 7 heteroatoms. The molecule has 0 aliphatic heterocycles. The maximum atomic E-state index is 10.5. The minimum atomic E-state index is -4.27. The van der Waals surface area contributed by atoms with Crippen LogP contribution in [0.3, 0.4) is 0 Å². The molecule has 0 fully saturated rings. The van der Waals surface area contributed by atoms with E-state index >= 15 is 0 Å². The Morgan fingerprint density at radius 2 is 1.60 bits per heavy atom. The van der Waals surface area contributed by atoms with Gasteiger partial charge in [-0.05, 0) is 12.1 Å². The van der Waals surface area contributed by atoms with Gasteiger partial charge in [-0.15, -0.1) is 0 Å². The third-order valence-electron chi connectivity index (χ3n) is 1.35. The lowest BCUT2D eigenvalue weighted by atomic mass is 10.3. The van der Waals surface area contributed by atoms with E-state index < -0.39 is 15.0 Å². The highest BCUT2D eigenvalue weighted by molar-refractivity contribution is 7.85. The van der Waals surface area contributed by atoms with Gasteiger partial charge in [0.15, 0.2) is 0 Å². The first-order valence-corrected chi connectivity index (χ1v) is 5.57. The van der Waals surface area contributed by atoms with E-state index in [0.29, 0.717) is 0 Å². The molecule has 0 heterocycles. The van der Waals surface area contributed by atoms with E-state index in [4.69, 9.17) is 4.55 Å². The van der Waals surface area contributed by atoms with Crippen molar-refractivity contribution in [2.45, 2.75) is 18.7 Å². The van der Waals surface area contributed by atoms with Crippen LogP contribution < -0.4 is 0 Å². The normalized spacial score (nSPS) is 10.1. The molecule has 1 N–H and O–H groups in total. The molecule has 0 amide bonds. The number of benzene rings is 1. The van der Waals surface area contributed by atoms with Gasteiger partial charge in [-0.2, -0.15) is 8.42 Å². The van der Waals surface area contributed by atoms with Crippen molar-refractivity contribution in [2.24, 2.45) is 0 Å². The molecule has 0 radical (unpaired) electrons. The standard InChI is InChI=1S/C6H5NO5S.C2H6/c8-7(9)5-1-3-6(4-2-5)13(10,11)12;1-2/h1-4H,(H,10,11,12);1-2H3. The van der Waals surface area contributed by atoms with Gasteiger partial charge in [0.1, 0.15) is 0 Å². The fraction of sp³-hybridized carbons (Fsp3) is 0.250. The van der Waals surface area contributed by atoms with Crippen LogP contribution in [0.2, 0.25) is 0 Å². The van der Waals surface area contributed by atoms with Crippen LogP contribution in [0.25, 0.3) is 0 Å². The van der Waals surface area contributed by atoms with E-state index in [0.717, 1.165) is 24.3 Å². The Balaban J connectivity index is 0.000000921. The summed E-state index contributed by atoms with van der Waals surface area (Å²) < 4.78 is 29.5. The van der Waals surface area contributed by atoms with Crippen molar-refractivity contribution in [1.29, 1.82) is 0 Å². The Kier molecular flexibility index (Phi) is 4.89. The average Bonchev–Trinajstić information content (AvgIpc) is 2.20. The zero-order valence-corrected chi connectivity index (χ0v) is 9.06. The van der Waals surface area contributed by atoms with Gasteiger partial charge in [-0.25, -0.2) is 0 Å². The molecule has 1 rings (SSSR count). The second kappa shape index (κ2) is 5.42. The largest absolute Gasteiger partial charge is 0.294 e. The molecule has 0 aliphatic rings. The first-order valence-electron chi connectivity index (χ1n) is 4.13. The van der Waals surface area contributed by atoms with E-state index in [1.165, 1.54) is 0 Å². The molecule has 1 aromatic carbocycles. The minimum absolute atomic E-state index is 0.229. The van der Waals surface area contributed by atoms with Crippen LogP contribution in [0.1, 0.15) is 13.8 Å². The van der Waals surface area contributed by atoms with Gasteiger partial charge in [-0.3, -0.25) is 14.7 Å². The fourth-order valence-electron chi connectivity index (χ4n) is 0.740. The van der Waals surface area contributed by atoms with Gasteiger partial charge in [0, 0.05) is 12.1 Å². The van der Waals surface area contributed by atoms with E-state index in [9.17, 15) is 18.5 Å². The fourth-order valence-corrected chi connectivity index (χ4v) is 1.22. The van der Waals surface area contributed by atoms with E-state index in [1.54, 1.807) is 0 Å². The number of non-ortho nitro benzene ring substituents is 1. The first kappa shape index (κ1) is 13.5. The van der Waals surface area contributed by atoms with Crippen LogP contribution >= 0.6 is 0 Å². The summed E-state index contributed by atoms with van der Waals surface area (Å²) in [6, 6.07) is 3.94. The molecular weight excluding hydrogens is 222 g/mol. The molecule has 15 heavy (non-hydrogen) atoms. The predicted molar refractivity (Wildman–Crippen MR) is 54.3 cm³/mol. The summed E-state index contributed by atoms with van der Waals surface area (Å²) in [5.74, 6) is 0. The highest BCUT2D eigenvalue weighted by Crippen LogP contribution is 2.14. The van der Waals surface area contributed by atoms with Gasteiger partial charge in [-0.1, -0.05) is 13.8 Å². The second-order valence-electron chi connectivity index (χ2n) is 2.23. The Labute approximate surface area is 87.4 Å². The molecule has 0 aromatic heterocycles. The zero-order valence-electron chi connectivity index (χ0n) is 8.25. The van der Waals surface area contributed by atoms with Crippen LogP contribution in [-0.4, -0.2) is 17.9 Å². The molecule has 0 unspecified atom stereocenters.